The van der Waals surface area contributed by atoms with E-state index in [2.05, 4.69) is 83.1 Å². The number of hydrogen-bond acceptors (Lipinski definition) is 1. The molecule has 0 aliphatic rings. The van der Waals surface area contributed by atoms with Crippen molar-refractivity contribution in [2.45, 2.75) is 46.5 Å². The van der Waals surface area contributed by atoms with Gasteiger partial charge in [0.1, 0.15) is 5.75 Å². The molecule has 118 valence electrons. The van der Waals surface area contributed by atoms with Crippen LogP contribution in [0.4, 0.5) is 0 Å². The highest BCUT2D eigenvalue weighted by atomic mass is 16.5. The lowest BCUT2D eigenvalue weighted by Crippen LogP contribution is -2.18. The predicted octanol–water partition coefficient (Wildman–Crippen LogP) is 5.75. The molecule has 0 saturated carbocycles. The van der Waals surface area contributed by atoms with Gasteiger partial charge in [0.05, 0.1) is 6.61 Å². The van der Waals surface area contributed by atoms with E-state index in [1.807, 2.05) is 0 Å². The van der Waals surface area contributed by atoms with Gasteiger partial charge < -0.3 is 4.74 Å². The predicted molar refractivity (Wildman–Crippen MR) is 94.7 cm³/mol. The highest BCUT2D eigenvalue weighted by Crippen LogP contribution is 2.32. The topological polar surface area (TPSA) is 9.23 Å². The van der Waals surface area contributed by atoms with Crippen molar-refractivity contribution in [2.75, 3.05) is 6.61 Å². The number of aryl methyl sites for hydroxylation is 1. The molecular formula is C21H28O. The normalized spacial score (nSPS) is 11.7. The highest BCUT2D eigenvalue weighted by molar-refractivity contribution is 5.40. The Bertz CT molecular complexity index is 576. The molecule has 22 heavy (non-hydrogen) atoms. The summed E-state index contributed by atoms with van der Waals surface area (Å²) in [6.45, 7) is 11.9. The van der Waals surface area contributed by atoms with Gasteiger partial charge in [-0.1, -0.05) is 69.7 Å². The third kappa shape index (κ3) is 4.13. The molecule has 0 aliphatic carbocycles. The lowest BCUT2D eigenvalue weighted by Gasteiger charge is -2.26. The molecule has 0 saturated heterocycles. The van der Waals surface area contributed by atoms with Crippen molar-refractivity contribution in [3.8, 4) is 5.75 Å². The van der Waals surface area contributed by atoms with E-state index in [0.717, 1.165) is 18.8 Å². The van der Waals surface area contributed by atoms with E-state index in [-0.39, 0.29) is 5.41 Å². The Hall–Kier alpha value is -1.76. The van der Waals surface area contributed by atoms with Gasteiger partial charge in [0.15, 0.2) is 0 Å². The Balaban J connectivity index is 2.10. The summed E-state index contributed by atoms with van der Waals surface area (Å²) in [6, 6.07) is 17.4. The molecule has 1 nitrogen and oxygen atoms in total. The zero-order valence-corrected chi connectivity index (χ0v) is 14.5. The van der Waals surface area contributed by atoms with Crippen molar-refractivity contribution < 1.29 is 4.74 Å². The van der Waals surface area contributed by atoms with Crippen LogP contribution >= 0.6 is 0 Å². The number of benzene rings is 2. The van der Waals surface area contributed by atoms with E-state index in [9.17, 15) is 0 Å². The molecule has 0 aliphatic heterocycles. The van der Waals surface area contributed by atoms with E-state index in [1.165, 1.54) is 16.7 Å². The number of rotatable bonds is 6. The molecule has 2 aromatic carbocycles. The molecule has 1 heteroatoms. The van der Waals surface area contributed by atoms with Gasteiger partial charge in [-0.2, -0.15) is 0 Å². The van der Waals surface area contributed by atoms with E-state index in [0.29, 0.717) is 5.92 Å². The van der Waals surface area contributed by atoms with Gasteiger partial charge in [0.2, 0.25) is 0 Å². The van der Waals surface area contributed by atoms with E-state index >= 15 is 0 Å². The summed E-state index contributed by atoms with van der Waals surface area (Å²) in [7, 11) is 0. The minimum Gasteiger partial charge on any atom is -0.494 e. The van der Waals surface area contributed by atoms with Crippen molar-refractivity contribution in [3.63, 3.8) is 0 Å². The Morgan fingerprint density at radius 3 is 1.86 bits per heavy atom. The van der Waals surface area contributed by atoms with E-state index in [1.54, 1.807) is 0 Å². The van der Waals surface area contributed by atoms with Crippen LogP contribution < -0.4 is 4.74 Å². The van der Waals surface area contributed by atoms with Crippen LogP contribution in [0, 0.1) is 12.8 Å². The molecule has 0 aromatic heterocycles. The highest BCUT2D eigenvalue weighted by Gasteiger charge is 2.22. The molecule has 0 radical (unpaired) electrons. The van der Waals surface area contributed by atoms with Gasteiger partial charge in [0, 0.05) is 5.41 Å². The van der Waals surface area contributed by atoms with Crippen LogP contribution in [-0.2, 0) is 5.41 Å². The standard InChI is InChI=1S/C21H28O/c1-16(2)14-15-22-20-12-10-19(11-13-20)21(4,5)18-8-6-17(3)7-9-18/h6-13,16H,14-15H2,1-5H3. The van der Waals surface area contributed by atoms with Crippen LogP contribution in [0.25, 0.3) is 0 Å². The minimum atomic E-state index is 0.00413. The Labute approximate surface area is 135 Å². The summed E-state index contributed by atoms with van der Waals surface area (Å²) in [4.78, 5) is 0. The second-order valence-electron chi connectivity index (χ2n) is 7.05. The molecule has 2 aromatic rings. The zero-order valence-electron chi connectivity index (χ0n) is 14.5. The van der Waals surface area contributed by atoms with E-state index < -0.39 is 0 Å². The lowest BCUT2D eigenvalue weighted by atomic mass is 9.78. The Morgan fingerprint density at radius 1 is 0.864 bits per heavy atom. The smallest absolute Gasteiger partial charge is 0.119 e. The van der Waals surface area contributed by atoms with Crippen LogP contribution in [0.2, 0.25) is 0 Å². The van der Waals surface area contributed by atoms with Crippen LogP contribution in [0.5, 0.6) is 5.75 Å². The molecule has 0 atom stereocenters. The number of ether oxygens (including phenoxy) is 1. The molecule has 0 spiro atoms. The maximum Gasteiger partial charge on any atom is 0.119 e. The molecule has 0 fully saturated rings. The Kier molecular flexibility index (Phi) is 5.28. The average Bonchev–Trinajstić information content (AvgIpc) is 2.48. The molecular weight excluding hydrogens is 268 g/mol. The number of hydrogen-bond donors (Lipinski definition) is 0. The van der Waals surface area contributed by atoms with Crippen LogP contribution in [0.15, 0.2) is 48.5 Å². The maximum atomic E-state index is 5.81. The minimum absolute atomic E-state index is 0.00413. The summed E-state index contributed by atoms with van der Waals surface area (Å²) in [6.07, 6.45) is 1.09. The van der Waals surface area contributed by atoms with Gasteiger partial charge in [-0.3, -0.25) is 0 Å². The molecule has 2 rings (SSSR count). The summed E-state index contributed by atoms with van der Waals surface area (Å²) in [5.74, 6) is 1.64. The molecule has 0 N–H and O–H groups in total. The summed E-state index contributed by atoms with van der Waals surface area (Å²) in [5, 5.41) is 0. The molecule has 0 bridgehead atoms. The van der Waals surface area contributed by atoms with Crippen LogP contribution in [0.3, 0.4) is 0 Å². The zero-order chi connectivity index (χ0) is 16.2. The SMILES string of the molecule is Cc1ccc(C(C)(C)c2ccc(OCCC(C)C)cc2)cc1. The van der Waals surface area contributed by atoms with Gasteiger partial charge in [-0.25, -0.2) is 0 Å². The second-order valence-corrected chi connectivity index (χ2v) is 7.05. The third-order valence-corrected chi connectivity index (χ3v) is 4.31. The van der Waals surface area contributed by atoms with Gasteiger partial charge in [-0.05, 0) is 42.5 Å². The first-order chi connectivity index (χ1) is 10.4. The molecule has 0 amide bonds. The fourth-order valence-corrected chi connectivity index (χ4v) is 2.52. The maximum absolute atomic E-state index is 5.81. The second kappa shape index (κ2) is 7.00. The Morgan fingerprint density at radius 2 is 1.36 bits per heavy atom. The fourth-order valence-electron chi connectivity index (χ4n) is 2.52. The van der Waals surface area contributed by atoms with Gasteiger partial charge >= 0.3 is 0 Å². The van der Waals surface area contributed by atoms with Crippen molar-refractivity contribution >= 4 is 0 Å². The van der Waals surface area contributed by atoms with Gasteiger partial charge in [-0.15, -0.1) is 0 Å². The average molecular weight is 296 g/mol. The van der Waals surface area contributed by atoms with E-state index in [4.69, 9.17) is 4.74 Å². The van der Waals surface area contributed by atoms with Crippen molar-refractivity contribution in [1.29, 1.82) is 0 Å². The van der Waals surface area contributed by atoms with Crippen LogP contribution in [-0.4, -0.2) is 6.61 Å². The van der Waals surface area contributed by atoms with Crippen molar-refractivity contribution in [2.24, 2.45) is 5.92 Å². The van der Waals surface area contributed by atoms with Crippen molar-refractivity contribution in [1.82, 2.24) is 0 Å². The third-order valence-electron chi connectivity index (χ3n) is 4.31. The largest absolute Gasteiger partial charge is 0.494 e. The summed E-state index contributed by atoms with van der Waals surface area (Å²) < 4.78 is 5.81. The lowest BCUT2D eigenvalue weighted by molar-refractivity contribution is 0.289. The monoisotopic (exact) mass is 296 g/mol. The first kappa shape index (κ1) is 16.6. The van der Waals surface area contributed by atoms with Crippen LogP contribution in [0.1, 0.15) is 50.8 Å². The first-order valence-electron chi connectivity index (χ1n) is 8.20. The summed E-state index contributed by atoms with van der Waals surface area (Å²) in [5.41, 5.74) is 3.96. The first-order valence-corrected chi connectivity index (χ1v) is 8.20. The van der Waals surface area contributed by atoms with Crippen molar-refractivity contribution in [3.05, 3.63) is 65.2 Å². The quantitative estimate of drug-likeness (QED) is 0.660. The summed E-state index contributed by atoms with van der Waals surface area (Å²) >= 11 is 0. The fraction of sp³-hybridized carbons (Fsp3) is 0.429. The molecule has 0 heterocycles. The molecule has 0 unspecified atom stereocenters. The van der Waals surface area contributed by atoms with Gasteiger partial charge in [0.25, 0.3) is 0 Å².